The number of rotatable bonds is 6. The van der Waals surface area contributed by atoms with Crippen molar-refractivity contribution in [1.29, 1.82) is 0 Å². The molecule has 1 amide bonds. The first-order chi connectivity index (χ1) is 16.5. The fourth-order valence-electron chi connectivity index (χ4n) is 3.82. The number of hydrogen-bond acceptors (Lipinski definition) is 2. The largest absolute Gasteiger partial charge is 0.481 e. The molecule has 5 nitrogen and oxygen atoms in total. The zero-order chi connectivity index (χ0) is 25.8. The van der Waals surface area contributed by atoms with Gasteiger partial charge in [-0.3, -0.25) is 9.59 Å². The summed E-state index contributed by atoms with van der Waals surface area (Å²) in [5.74, 6) is -1.16. The van der Waals surface area contributed by atoms with E-state index in [1.165, 1.54) is 6.92 Å². The zero-order valence-electron chi connectivity index (χ0n) is 19.3. The van der Waals surface area contributed by atoms with E-state index in [0.29, 0.717) is 22.7 Å². The molecular weight excluding hydrogens is 481 g/mol. The summed E-state index contributed by atoms with van der Waals surface area (Å²) in [6, 6.07) is 15.2. The van der Waals surface area contributed by atoms with Gasteiger partial charge >= 0.3 is 12.1 Å². The van der Waals surface area contributed by atoms with Crippen LogP contribution in [0.2, 0.25) is 5.02 Å². The van der Waals surface area contributed by atoms with Crippen molar-refractivity contribution in [2.45, 2.75) is 39.4 Å². The molecule has 3 aromatic rings. The molecule has 0 saturated heterocycles. The van der Waals surface area contributed by atoms with E-state index in [9.17, 15) is 22.8 Å². The number of amides is 1. The number of aromatic nitrogens is 1. The second-order valence-electron chi connectivity index (χ2n) is 8.25. The topological polar surface area (TPSA) is 71.3 Å². The molecule has 0 spiro atoms. The lowest BCUT2D eigenvalue weighted by molar-refractivity contribution is -0.144. The molecule has 0 atom stereocenters. The predicted octanol–water partition coefficient (Wildman–Crippen LogP) is 6.41. The second kappa shape index (κ2) is 11.0. The van der Waals surface area contributed by atoms with Gasteiger partial charge in [-0.2, -0.15) is 13.2 Å². The summed E-state index contributed by atoms with van der Waals surface area (Å²) in [4.78, 5) is 22.6. The lowest BCUT2D eigenvalue weighted by atomic mass is 10.0. The number of hydrogen-bond donors (Lipinski definition) is 2. The minimum absolute atomic E-state index is 0.0111. The summed E-state index contributed by atoms with van der Waals surface area (Å²) in [5.41, 5.74) is 0.606. The minimum atomic E-state index is -4.62. The summed E-state index contributed by atoms with van der Waals surface area (Å²) in [6.45, 7) is 3.35. The third kappa shape index (κ3) is 6.45. The summed E-state index contributed by atoms with van der Waals surface area (Å²) in [5, 5.41) is 11.2. The quantitative estimate of drug-likeness (QED) is 0.405. The van der Waals surface area contributed by atoms with Crippen LogP contribution in [0.15, 0.2) is 54.6 Å². The number of aliphatic carboxylic acids is 1. The van der Waals surface area contributed by atoms with Crippen LogP contribution in [0.25, 0.3) is 11.1 Å². The van der Waals surface area contributed by atoms with Crippen molar-refractivity contribution in [2.24, 2.45) is 5.92 Å². The van der Waals surface area contributed by atoms with Gasteiger partial charge in [0.2, 0.25) is 0 Å². The molecule has 35 heavy (non-hydrogen) atoms. The van der Waals surface area contributed by atoms with Crippen LogP contribution in [0.1, 0.15) is 47.1 Å². The SMILES string of the molecule is CCNC(=O)c1c(-c2ccc(Cl)cc2)c(C)c(C(F)(F)F)n1Cc1ccccc1.O=C(O)C1CC1. The predicted molar refractivity (Wildman–Crippen MR) is 129 cm³/mol. The molecule has 2 N–H and O–H groups in total. The molecule has 1 aliphatic carbocycles. The highest BCUT2D eigenvalue weighted by atomic mass is 35.5. The molecule has 0 radical (unpaired) electrons. The Hall–Kier alpha value is -3.26. The molecule has 1 saturated carbocycles. The Morgan fingerprint density at radius 2 is 1.69 bits per heavy atom. The van der Waals surface area contributed by atoms with E-state index in [1.807, 2.05) is 0 Å². The smallest absolute Gasteiger partial charge is 0.431 e. The van der Waals surface area contributed by atoms with Gasteiger partial charge in [0.1, 0.15) is 11.4 Å². The van der Waals surface area contributed by atoms with E-state index in [4.69, 9.17) is 16.7 Å². The van der Waals surface area contributed by atoms with Crippen molar-refractivity contribution >= 4 is 23.5 Å². The van der Waals surface area contributed by atoms with Gasteiger partial charge in [-0.15, -0.1) is 0 Å². The number of carboxylic acids is 1. The average Bonchev–Trinajstić information content (AvgIpc) is 3.60. The van der Waals surface area contributed by atoms with Crippen LogP contribution in [0.4, 0.5) is 13.2 Å². The van der Waals surface area contributed by atoms with Gasteiger partial charge < -0.3 is 15.0 Å². The maximum absolute atomic E-state index is 14.1. The fourth-order valence-corrected chi connectivity index (χ4v) is 3.94. The molecule has 0 aliphatic heterocycles. The van der Waals surface area contributed by atoms with Gasteiger partial charge in [0.25, 0.3) is 5.91 Å². The molecule has 1 heterocycles. The molecule has 0 bridgehead atoms. The highest BCUT2D eigenvalue weighted by molar-refractivity contribution is 6.30. The van der Waals surface area contributed by atoms with E-state index in [-0.39, 0.29) is 29.3 Å². The number of carbonyl (C=O) groups excluding carboxylic acids is 1. The minimum Gasteiger partial charge on any atom is -0.481 e. The lowest BCUT2D eigenvalue weighted by Gasteiger charge is -2.16. The first kappa shape index (κ1) is 26.3. The van der Waals surface area contributed by atoms with Gasteiger partial charge in [-0.1, -0.05) is 54.1 Å². The Morgan fingerprint density at radius 3 is 2.14 bits per heavy atom. The van der Waals surface area contributed by atoms with Crippen LogP contribution in [0, 0.1) is 12.8 Å². The second-order valence-corrected chi connectivity index (χ2v) is 8.68. The number of alkyl halides is 3. The molecule has 4 rings (SSSR count). The monoisotopic (exact) mass is 506 g/mol. The molecular formula is C26H26ClF3N2O3. The van der Waals surface area contributed by atoms with E-state index in [2.05, 4.69) is 5.32 Å². The fraction of sp³-hybridized carbons (Fsp3) is 0.308. The maximum atomic E-state index is 14.1. The number of halogens is 4. The number of nitrogens with zero attached hydrogens (tertiary/aromatic N) is 1. The van der Waals surface area contributed by atoms with Crippen LogP contribution < -0.4 is 5.32 Å². The van der Waals surface area contributed by atoms with Crippen LogP contribution in [0.5, 0.6) is 0 Å². The number of benzene rings is 2. The van der Waals surface area contributed by atoms with Crippen molar-refractivity contribution < 1.29 is 27.9 Å². The number of nitrogens with one attached hydrogen (secondary N) is 1. The Bertz CT molecular complexity index is 1190. The normalized spacial score (nSPS) is 13.1. The van der Waals surface area contributed by atoms with Crippen LogP contribution >= 0.6 is 11.6 Å². The van der Waals surface area contributed by atoms with Crippen molar-refractivity contribution in [3.63, 3.8) is 0 Å². The summed E-state index contributed by atoms with van der Waals surface area (Å²) >= 11 is 5.94. The summed E-state index contributed by atoms with van der Waals surface area (Å²) in [7, 11) is 0. The van der Waals surface area contributed by atoms with Crippen molar-refractivity contribution in [3.05, 3.63) is 82.1 Å². The van der Waals surface area contributed by atoms with E-state index in [0.717, 1.165) is 17.4 Å². The molecule has 1 aromatic heterocycles. The first-order valence-electron chi connectivity index (χ1n) is 11.2. The van der Waals surface area contributed by atoms with Crippen molar-refractivity contribution in [2.75, 3.05) is 6.54 Å². The van der Waals surface area contributed by atoms with Gasteiger partial charge in [0, 0.05) is 23.7 Å². The molecule has 9 heteroatoms. The maximum Gasteiger partial charge on any atom is 0.431 e. The van der Waals surface area contributed by atoms with Crippen LogP contribution in [-0.4, -0.2) is 28.1 Å². The Balaban J connectivity index is 0.000000497. The highest BCUT2D eigenvalue weighted by Crippen LogP contribution is 2.41. The Kier molecular flexibility index (Phi) is 8.27. The van der Waals surface area contributed by atoms with E-state index in [1.54, 1.807) is 61.5 Å². The summed E-state index contributed by atoms with van der Waals surface area (Å²) < 4.78 is 43.3. The summed E-state index contributed by atoms with van der Waals surface area (Å²) in [6.07, 6.45) is -2.82. The third-order valence-electron chi connectivity index (χ3n) is 5.57. The molecule has 1 aliphatic rings. The molecule has 0 unspecified atom stereocenters. The van der Waals surface area contributed by atoms with Gasteiger partial charge in [0.15, 0.2) is 0 Å². The van der Waals surface area contributed by atoms with Crippen LogP contribution in [0.3, 0.4) is 0 Å². The third-order valence-corrected chi connectivity index (χ3v) is 5.82. The molecule has 1 fully saturated rings. The zero-order valence-corrected chi connectivity index (χ0v) is 20.1. The molecule has 2 aromatic carbocycles. The highest BCUT2D eigenvalue weighted by Gasteiger charge is 2.41. The Labute approximate surface area is 206 Å². The average molecular weight is 507 g/mol. The first-order valence-corrected chi connectivity index (χ1v) is 11.5. The van der Waals surface area contributed by atoms with Crippen molar-refractivity contribution in [3.8, 4) is 11.1 Å². The number of carboxylic acid groups (broad SMARTS) is 1. The van der Waals surface area contributed by atoms with Gasteiger partial charge in [0.05, 0.1) is 5.92 Å². The van der Waals surface area contributed by atoms with Crippen molar-refractivity contribution in [1.82, 2.24) is 9.88 Å². The van der Waals surface area contributed by atoms with Gasteiger partial charge in [-0.25, -0.2) is 0 Å². The number of carbonyl (C=O) groups is 2. The van der Waals surface area contributed by atoms with E-state index < -0.39 is 23.7 Å². The molecule has 186 valence electrons. The van der Waals surface area contributed by atoms with E-state index >= 15 is 0 Å². The Morgan fingerprint density at radius 1 is 1.09 bits per heavy atom. The van der Waals surface area contributed by atoms with Gasteiger partial charge in [-0.05, 0) is 55.5 Å². The lowest BCUT2D eigenvalue weighted by Crippen LogP contribution is -2.27. The standard InChI is InChI=1S/C22H20ClF3N2O.C4H6O2/c1-3-27-21(29)19-18(16-9-11-17(23)12-10-16)14(2)20(22(24,25)26)28(19)13-15-7-5-4-6-8-15;5-4(6)3-1-2-3/h4-12H,3,13H2,1-2H3,(H,27,29);3H,1-2H2,(H,5,6). The van der Waals surface area contributed by atoms with Crippen LogP contribution in [-0.2, 0) is 17.5 Å².